The van der Waals surface area contributed by atoms with Crippen molar-refractivity contribution in [2.75, 3.05) is 18.0 Å². The normalized spacial score (nSPS) is 13.0. The maximum absolute atomic E-state index is 13.3. The zero-order chi connectivity index (χ0) is 14.1. The lowest BCUT2D eigenvalue weighted by atomic mass is 10.2. The van der Waals surface area contributed by atoms with Crippen LogP contribution in [0.2, 0.25) is 0 Å². The highest BCUT2D eigenvalue weighted by molar-refractivity contribution is 7.09. The smallest absolute Gasteiger partial charge is 0.277 e. The fourth-order valence-corrected chi connectivity index (χ4v) is 3.14. The van der Waals surface area contributed by atoms with Crippen LogP contribution in [0.4, 0.5) is 10.1 Å². The molecule has 1 aromatic heterocycles. The van der Waals surface area contributed by atoms with E-state index in [2.05, 4.69) is 4.98 Å². The van der Waals surface area contributed by atoms with Gasteiger partial charge in [-0.2, -0.15) is 0 Å². The van der Waals surface area contributed by atoms with Crippen LogP contribution < -0.4 is 10.6 Å². The summed E-state index contributed by atoms with van der Waals surface area (Å²) in [6.07, 6.45) is 1.42. The molecule has 0 unspecified atom stereocenters. The topological polar surface area (TPSA) is 59.2 Å². The SMILES string of the molecule is Cl.NCCc1nc(C(=O)N2CCc3ccc(F)cc32)cs1. The molecule has 4 nitrogen and oxygen atoms in total. The molecule has 112 valence electrons. The Kier molecular flexibility index (Phi) is 4.92. The molecule has 2 aromatic rings. The van der Waals surface area contributed by atoms with E-state index >= 15 is 0 Å². The van der Waals surface area contributed by atoms with Crippen molar-refractivity contribution in [3.05, 3.63) is 45.7 Å². The lowest BCUT2D eigenvalue weighted by Gasteiger charge is -2.15. The lowest BCUT2D eigenvalue weighted by Crippen LogP contribution is -2.29. The number of anilines is 1. The molecule has 1 amide bonds. The van der Waals surface area contributed by atoms with Gasteiger partial charge in [-0.3, -0.25) is 4.79 Å². The van der Waals surface area contributed by atoms with E-state index in [-0.39, 0.29) is 24.1 Å². The summed E-state index contributed by atoms with van der Waals surface area (Å²) in [4.78, 5) is 18.3. The fourth-order valence-electron chi connectivity index (χ4n) is 2.35. The Hall–Kier alpha value is -1.50. The van der Waals surface area contributed by atoms with Crippen LogP contribution in [0, 0.1) is 5.82 Å². The van der Waals surface area contributed by atoms with Crippen molar-refractivity contribution in [2.45, 2.75) is 12.8 Å². The zero-order valence-electron chi connectivity index (χ0n) is 11.2. The van der Waals surface area contributed by atoms with Crippen LogP contribution in [-0.4, -0.2) is 24.0 Å². The Morgan fingerprint density at radius 2 is 2.29 bits per heavy atom. The maximum atomic E-state index is 13.3. The van der Waals surface area contributed by atoms with Crippen LogP contribution in [-0.2, 0) is 12.8 Å². The average molecular weight is 328 g/mol. The second kappa shape index (κ2) is 6.51. The molecule has 7 heteroatoms. The molecule has 2 heterocycles. The Balaban J connectivity index is 0.00000161. The molecule has 1 aliphatic rings. The molecule has 0 radical (unpaired) electrons. The number of aromatic nitrogens is 1. The molecule has 21 heavy (non-hydrogen) atoms. The molecule has 3 rings (SSSR count). The lowest BCUT2D eigenvalue weighted by molar-refractivity contribution is 0.0985. The van der Waals surface area contributed by atoms with Crippen molar-refractivity contribution >= 4 is 35.3 Å². The van der Waals surface area contributed by atoms with Gasteiger partial charge in [-0.1, -0.05) is 6.07 Å². The van der Waals surface area contributed by atoms with Gasteiger partial charge < -0.3 is 10.6 Å². The van der Waals surface area contributed by atoms with E-state index in [0.29, 0.717) is 30.9 Å². The number of thiazole rings is 1. The Bertz CT molecular complexity index is 661. The number of carbonyl (C=O) groups is 1. The predicted octanol–water partition coefficient (Wildman–Crippen LogP) is 2.41. The quantitative estimate of drug-likeness (QED) is 0.941. The van der Waals surface area contributed by atoms with Crippen molar-refractivity contribution in [3.63, 3.8) is 0 Å². The monoisotopic (exact) mass is 327 g/mol. The third-order valence-corrected chi connectivity index (χ3v) is 4.23. The molecule has 0 aliphatic carbocycles. The van der Waals surface area contributed by atoms with Crippen LogP contribution in [0.25, 0.3) is 0 Å². The number of halogens is 2. The number of hydrogen-bond acceptors (Lipinski definition) is 4. The number of nitrogens with zero attached hydrogens (tertiary/aromatic N) is 2. The highest BCUT2D eigenvalue weighted by Crippen LogP contribution is 2.30. The standard InChI is InChI=1S/C14H14FN3OS.ClH/c15-10-2-1-9-4-6-18(12(9)7-10)14(19)11-8-20-13(17-11)3-5-16;/h1-2,7-8H,3-6,16H2;1H. The molecule has 0 saturated heterocycles. The Labute approximate surface area is 132 Å². The predicted molar refractivity (Wildman–Crippen MR) is 83.9 cm³/mol. The van der Waals surface area contributed by atoms with Gasteiger partial charge in [0.2, 0.25) is 0 Å². The molecule has 0 atom stereocenters. The minimum absolute atomic E-state index is 0. The molecule has 0 saturated carbocycles. The van der Waals surface area contributed by atoms with Gasteiger partial charge in [-0.25, -0.2) is 9.37 Å². The molecule has 1 aromatic carbocycles. The van der Waals surface area contributed by atoms with Crippen molar-refractivity contribution in [1.82, 2.24) is 4.98 Å². The summed E-state index contributed by atoms with van der Waals surface area (Å²) in [7, 11) is 0. The van der Waals surface area contributed by atoms with Crippen molar-refractivity contribution in [2.24, 2.45) is 5.73 Å². The van der Waals surface area contributed by atoms with Crippen molar-refractivity contribution < 1.29 is 9.18 Å². The second-order valence-corrected chi connectivity index (χ2v) is 5.59. The summed E-state index contributed by atoms with van der Waals surface area (Å²) in [5, 5.41) is 2.60. The van der Waals surface area contributed by atoms with Gasteiger partial charge in [0.25, 0.3) is 5.91 Å². The van der Waals surface area contributed by atoms with E-state index < -0.39 is 0 Å². The number of fused-ring (bicyclic) bond motifs is 1. The minimum Gasteiger partial charge on any atom is -0.330 e. The van der Waals surface area contributed by atoms with Crippen LogP contribution in [0.3, 0.4) is 0 Å². The van der Waals surface area contributed by atoms with E-state index in [4.69, 9.17) is 5.73 Å². The van der Waals surface area contributed by atoms with Crippen LogP contribution >= 0.6 is 23.7 Å². The van der Waals surface area contributed by atoms with Gasteiger partial charge in [0.05, 0.1) is 10.7 Å². The van der Waals surface area contributed by atoms with Gasteiger partial charge in [0.15, 0.2) is 0 Å². The van der Waals surface area contributed by atoms with E-state index in [0.717, 1.165) is 17.0 Å². The second-order valence-electron chi connectivity index (χ2n) is 4.64. The summed E-state index contributed by atoms with van der Waals surface area (Å²) < 4.78 is 13.3. The summed E-state index contributed by atoms with van der Waals surface area (Å²) in [6, 6.07) is 4.57. The Morgan fingerprint density at radius 1 is 1.48 bits per heavy atom. The molecule has 0 bridgehead atoms. The highest BCUT2D eigenvalue weighted by Gasteiger charge is 2.27. The number of benzene rings is 1. The van der Waals surface area contributed by atoms with Crippen molar-refractivity contribution in [3.8, 4) is 0 Å². The summed E-state index contributed by atoms with van der Waals surface area (Å²) in [5.41, 5.74) is 7.54. The molecular weight excluding hydrogens is 313 g/mol. The van der Waals surface area contributed by atoms with E-state index in [1.54, 1.807) is 16.3 Å². The van der Waals surface area contributed by atoms with Gasteiger partial charge in [-0.15, -0.1) is 23.7 Å². The first-order valence-electron chi connectivity index (χ1n) is 6.44. The first-order valence-corrected chi connectivity index (χ1v) is 7.32. The number of hydrogen-bond donors (Lipinski definition) is 1. The average Bonchev–Trinajstić information content (AvgIpc) is 3.05. The Morgan fingerprint density at radius 3 is 3.05 bits per heavy atom. The largest absolute Gasteiger partial charge is 0.330 e. The minimum atomic E-state index is -0.328. The highest BCUT2D eigenvalue weighted by atomic mass is 35.5. The van der Waals surface area contributed by atoms with Gasteiger partial charge in [0, 0.05) is 18.3 Å². The molecular formula is C14H15ClFN3OS. The van der Waals surface area contributed by atoms with Gasteiger partial charge in [0.1, 0.15) is 11.5 Å². The fraction of sp³-hybridized carbons (Fsp3) is 0.286. The van der Waals surface area contributed by atoms with Gasteiger partial charge >= 0.3 is 0 Å². The maximum Gasteiger partial charge on any atom is 0.277 e. The van der Waals surface area contributed by atoms with Gasteiger partial charge in [-0.05, 0) is 30.7 Å². The summed E-state index contributed by atoms with van der Waals surface area (Å²) in [5.74, 6) is -0.501. The number of rotatable bonds is 3. The molecule has 0 spiro atoms. The number of carbonyl (C=O) groups excluding carboxylic acids is 1. The molecule has 0 fully saturated rings. The zero-order valence-corrected chi connectivity index (χ0v) is 12.8. The number of amides is 1. The third kappa shape index (κ3) is 3.07. The molecule has 2 N–H and O–H groups in total. The van der Waals surface area contributed by atoms with Crippen LogP contribution in [0.1, 0.15) is 21.1 Å². The van der Waals surface area contributed by atoms with E-state index in [1.165, 1.54) is 23.5 Å². The third-order valence-electron chi connectivity index (χ3n) is 3.32. The van der Waals surface area contributed by atoms with Crippen LogP contribution in [0.5, 0.6) is 0 Å². The van der Waals surface area contributed by atoms with Crippen LogP contribution in [0.15, 0.2) is 23.6 Å². The summed E-state index contributed by atoms with van der Waals surface area (Å²) in [6.45, 7) is 1.08. The van der Waals surface area contributed by atoms with Crippen molar-refractivity contribution in [1.29, 1.82) is 0 Å². The van der Waals surface area contributed by atoms with E-state index in [9.17, 15) is 9.18 Å². The first-order chi connectivity index (χ1) is 9.69. The summed E-state index contributed by atoms with van der Waals surface area (Å²) >= 11 is 1.43. The number of nitrogens with two attached hydrogens (primary N) is 1. The van der Waals surface area contributed by atoms with E-state index in [1.807, 2.05) is 0 Å². The molecule has 1 aliphatic heterocycles. The first kappa shape index (κ1) is 15.9.